The molecule has 0 fully saturated rings. The smallest absolute Gasteiger partial charge is 0.0925 e. The molecule has 0 bridgehead atoms. The van der Waals surface area contributed by atoms with Gasteiger partial charge in [0.1, 0.15) is 0 Å². The van der Waals surface area contributed by atoms with Crippen molar-refractivity contribution in [3.8, 4) is 0 Å². The van der Waals surface area contributed by atoms with Crippen molar-refractivity contribution in [3.05, 3.63) is 16.1 Å². The van der Waals surface area contributed by atoms with Crippen LogP contribution in [0.1, 0.15) is 31.5 Å². The zero-order valence-corrected chi connectivity index (χ0v) is 8.24. The van der Waals surface area contributed by atoms with Crippen molar-refractivity contribution in [2.24, 2.45) is 5.92 Å². The fourth-order valence-corrected chi connectivity index (χ4v) is 1.78. The van der Waals surface area contributed by atoms with Crippen molar-refractivity contribution >= 4 is 11.3 Å². The lowest BCUT2D eigenvalue weighted by Crippen LogP contribution is -1.94. The Morgan fingerprint density at radius 3 is 2.73 bits per heavy atom. The van der Waals surface area contributed by atoms with Crippen molar-refractivity contribution in [3.63, 3.8) is 0 Å². The first-order valence-electron chi connectivity index (χ1n) is 4.15. The summed E-state index contributed by atoms with van der Waals surface area (Å²) in [5.41, 5.74) is 1.27. The van der Waals surface area contributed by atoms with Gasteiger partial charge in [-0.2, -0.15) is 0 Å². The first kappa shape index (κ1) is 8.72. The number of hydrogen-bond acceptors (Lipinski definition) is 2. The fourth-order valence-electron chi connectivity index (χ4n) is 1.02. The third-order valence-electron chi connectivity index (χ3n) is 1.52. The Kier molecular flexibility index (Phi) is 3.06. The van der Waals surface area contributed by atoms with Crippen LogP contribution < -0.4 is 0 Å². The third-order valence-corrected chi connectivity index (χ3v) is 2.56. The van der Waals surface area contributed by atoms with Gasteiger partial charge in [0.05, 0.1) is 10.7 Å². The van der Waals surface area contributed by atoms with E-state index in [0.29, 0.717) is 0 Å². The fraction of sp³-hybridized carbons (Fsp3) is 0.667. The van der Waals surface area contributed by atoms with Gasteiger partial charge in [0.2, 0.25) is 0 Å². The van der Waals surface area contributed by atoms with Crippen molar-refractivity contribution in [2.45, 2.75) is 33.6 Å². The van der Waals surface area contributed by atoms with Gasteiger partial charge in [0, 0.05) is 5.38 Å². The van der Waals surface area contributed by atoms with E-state index in [1.807, 2.05) is 0 Å². The van der Waals surface area contributed by atoms with Crippen LogP contribution in [0.3, 0.4) is 0 Å². The largest absolute Gasteiger partial charge is 0.246 e. The highest BCUT2D eigenvalue weighted by atomic mass is 32.1. The topological polar surface area (TPSA) is 12.9 Å². The van der Waals surface area contributed by atoms with Crippen LogP contribution in [0.25, 0.3) is 0 Å². The molecule has 0 aliphatic rings. The molecule has 1 aromatic rings. The molecule has 0 atom stereocenters. The molecule has 11 heavy (non-hydrogen) atoms. The highest BCUT2D eigenvalue weighted by Gasteiger charge is 2.01. The summed E-state index contributed by atoms with van der Waals surface area (Å²) in [4.78, 5) is 4.49. The molecule has 1 aromatic heterocycles. The third kappa shape index (κ3) is 2.62. The summed E-state index contributed by atoms with van der Waals surface area (Å²) in [6.07, 6.45) is 2.19. The van der Waals surface area contributed by atoms with Gasteiger partial charge in [-0.3, -0.25) is 0 Å². The summed E-state index contributed by atoms with van der Waals surface area (Å²) in [5.74, 6) is 0.724. The van der Waals surface area contributed by atoms with Gasteiger partial charge in [-0.25, -0.2) is 4.98 Å². The standard InChI is InChI=1S/C9H15NS/c1-4-9-10-8(6-11-9)5-7(2)3/h6-7H,4-5H2,1-3H3. The highest BCUT2D eigenvalue weighted by Crippen LogP contribution is 2.13. The van der Waals surface area contributed by atoms with Gasteiger partial charge in [-0.1, -0.05) is 20.8 Å². The van der Waals surface area contributed by atoms with Crippen molar-refractivity contribution in [2.75, 3.05) is 0 Å². The van der Waals surface area contributed by atoms with Gasteiger partial charge in [0.15, 0.2) is 0 Å². The summed E-state index contributed by atoms with van der Waals surface area (Å²) in [7, 11) is 0. The highest BCUT2D eigenvalue weighted by molar-refractivity contribution is 7.09. The van der Waals surface area contributed by atoms with E-state index in [4.69, 9.17) is 0 Å². The predicted octanol–water partition coefficient (Wildman–Crippen LogP) is 2.90. The van der Waals surface area contributed by atoms with E-state index in [1.54, 1.807) is 11.3 Å². The minimum Gasteiger partial charge on any atom is -0.246 e. The molecule has 0 aliphatic heterocycles. The zero-order valence-electron chi connectivity index (χ0n) is 7.42. The average molecular weight is 169 g/mol. The van der Waals surface area contributed by atoms with Gasteiger partial charge >= 0.3 is 0 Å². The number of aromatic nitrogens is 1. The Labute approximate surface area is 72.5 Å². The van der Waals surface area contributed by atoms with E-state index < -0.39 is 0 Å². The Bertz CT molecular complexity index is 215. The SMILES string of the molecule is CCc1nc(CC(C)C)cs1. The lowest BCUT2D eigenvalue weighted by atomic mass is 10.1. The Hall–Kier alpha value is -0.370. The average Bonchev–Trinajstić information content (AvgIpc) is 2.34. The minimum atomic E-state index is 0.724. The Morgan fingerprint density at radius 1 is 1.55 bits per heavy atom. The monoisotopic (exact) mass is 169 g/mol. The number of rotatable bonds is 3. The maximum Gasteiger partial charge on any atom is 0.0925 e. The molecule has 2 heteroatoms. The molecule has 0 N–H and O–H groups in total. The van der Waals surface area contributed by atoms with Crippen molar-refractivity contribution < 1.29 is 0 Å². The lowest BCUT2D eigenvalue weighted by molar-refractivity contribution is 0.636. The molecule has 1 nitrogen and oxygen atoms in total. The minimum absolute atomic E-state index is 0.724. The summed E-state index contributed by atoms with van der Waals surface area (Å²) < 4.78 is 0. The van der Waals surface area contributed by atoms with Crippen LogP contribution >= 0.6 is 11.3 Å². The molecular formula is C9H15NS. The van der Waals surface area contributed by atoms with E-state index in [9.17, 15) is 0 Å². The molecule has 0 amide bonds. The van der Waals surface area contributed by atoms with Gasteiger partial charge < -0.3 is 0 Å². The second-order valence-electron chi connectivity index (χ2n) is 3.18. The summed E-state index contributed by atoms with van der Waals surface area (Å²) >= 11 is 1.78. The number of thiazole rings is 1. The summed E-state index contributed by atoms with van der Waals surface area (Å²) in [6.45, 7) is 6.61. The molecular weight excluding hydrogens is 154 g/mol. The zero-order chi connectivity index (χ0) is 8.27. The molecule has 1 rings (SSSR count). The van der Waals surface area contributed by atoms with E-state index in [2.05, 4.69) is 31.1 Å². The van der Waals surface area contributed by atoms with E-state index in [-0.39, 0.29) is 0 Å². The number of hydrogen-bond donors (Lipinski definition) is 0. The van der Waals surface area contributed by atoms with Crippen LogP contribution in [0.15, 0.2) is 5.38 Å². The van der Waals surface area contributed by atoms with Gasteiger partial charge in [0.25, 0.3) is 0 Å². The van der Waals surface area contributed by atoms with E-state index in [1.165, 1.54) is 10.7 Å². The van der Waals surface area contributed by atoms with Crippen molar-refractivity contribution in [1.82, 2.24) is 4.98 Å². The van der Waals surface area contributed by atoms with Crippen LogP contribution in [0.2, 0.25) is 0 Å². The van der Waals surface area contributed by atoms with Crippen LogP contribution in [0.4, 0.5) is 0 Å². The predicted molar refractivity (Wildman–Crippen MR) is 50.0 cm³/mol. The molecule has 0 spiro atoms. The number of nitrogens with zero attached hydrogens (tertiary/aromatic N) is 1. The van der Waals surface area contributed by atoms with Gasteiger partial charge in [-0.05, 0) is 18.8 Å². The normalized spacial score (nSPS) is 10.9. The maximum atomic E-state index is 4.49. The Balaban J connectivity index is 2.58. The van der Waals surface area contributed by atoms with Crippen LogP contribution in [-0.4, -0.2) is 4.98 Å². The summed E-state index contributed by atoms with van der Waals surface area (Å²) in [5, 5.41) is 3.44. The second kappa shape index (κ2) is 3.86. The van der Waals surface area contributed by atoms with E-state index >= 15 is 0 Å². The molecule has 0 saturated heterocycles. The molecule has 62 valence electrons. The molecule has 1 heterocycles. The molecule has 0 aromatic carbocycles. The van der Waals surface area contributed by atoms with E-state index in [0.717, 1.165) is 18.8 Å². The molecule has 0 aliphatic carbocycles. The first-order valence-corrected chi connectivity index (χ1v) is 5.03. The number of aryl methyl sites for hydroxylation is 1. The second-order valence-corrected chi connectivity index (χ2v) is 4.13. The quantitative estimate of drug-likeness (QED) is 0.678. The first-order chi connectivity index (χ1) is 5.22. The lowest BCUT2D eigenvalue weighted by Gasteiger charge is -1.98. The molecule has 0 saturated carbocycles. The van der Waals surface area contributed by atoms with Gasteiger partial charge in [-0.15, -0.1) is 11.3 Å². The van der Waals surface area contributed by atoms with Crippen LogP contribution in [0.5, 0.6) is 0 Å². The van der Waals surface area contributed by atoms with Crippen LogP contribution in [0, 0.1) is 5.92 Å². The van der Waals surface area contributed by atoms with Crippen molar-refractivity contribution in [1.29, 1.82) is 0 Å². The molecule has 0 radical (unpaired) electrons. The summed E-state index contributed by atoms with van der Waals surface area (Å²) in [6, 6.07) is 0. The maximum absolute atomic E-state index is 4.49. The van der Waals surface area contributed by atoms with Crippen LogP contribution in [-0.2, 0) is 12.8 Å². The molecule has 0 unspecified atom stereocenters. The Morgan fingerprint density at radius 2 is 2.27 bits per heavy atom.